The molecule has 3 rings (SSSR count). The summed E-state index contributed by atoms with van der Waals surface area (Å²) in [4.78, 5) is 31.6. The molecule has 0 bridgehead atoms. The number of hydrogen-bond acceptors (Lipinski definition) is 4. The highest BCUT2D eigenvalue weighted by Gasteiger charge is 2.23. The summed E-state index contributed by atoms with van der Waals surface area (Å²) in [7, 11) is 1.83. The van der Waals surface area contributed by atoms with Crippen molar-refractivity contribution in [3.05, 3.63) is 64.0 Å². The zero-order valence-corrected chi connectivity index (χ0v) is 14.8. The molecule has 0 atom stereocenters. The summed E-state index contributed by atoms with van der Waals surface area (Å²) in [5.41, 5.74) is 2.16. The number of rotatable bonds is 4. The van der Waals surface area contributed by atoms with Crippen molar-refractivity contribution in [2.45, 2.75) is 33.4 Å². The number of hydrogen-bond donors (Lipinski definition) is 0. The van der Waals surface area contributed by atoms with Crippen molar-refractivity contribution in [3.8, 4) is 0 Å². The third-order valence-electron chi connectivity index (χ3n) is 4.09. The lowest BCUT2D eigenvalue weighted by atomic mass is 10.2. The lowest BCUT2D eigenvalue weighted by Crippen LogP contribution is -2.39. The Morgan fingerprint density at radius 2 is 2.08 bits per heavy atom. The maximum atomic E-state index is 13.0. The van der Waals surface area contributed by atoms with Crippen molar-refractivity contribution in [1.29, 1.82) is 0 Å². The minimum absolute atomic E-state index is 0.0641. The summed E-state index contributed by atoms with van der Waals surface area (Å²) >= 11 is 0. The van der Waals surface area contributed by atoms with Gasteiger partial charge in [-0.25, -0.2) is 4.98 Å². The summed E-state index contributed by atoms with van der Waals surface area (Å²) in [6.45, 7) is 6.16. The molecule has 0 aromatic carbocycles. The van der Waals surface area contributed by atoms with Crippen molar-refractivity contribution < 1.29 is 4.79 Å². The molecule has 0 N–H and O–H groups in total. The minimum Gasteiger partial charge on any atom is -0.332 e. The first-order chi connectivity index (χ1) is 11.9. The summed E-state index contributed by atoms with van der Waals surface area (Å²) in [5.74, 6) is -0.327. The molecule has 7 heteroatoms. The predicted molar refractivity (Wildman–Crippen MR) is 94.4 cm³/mol. The molecule has 7 nitrogen and oxygen atoms in total. The molecule has 0 fully saturated rings. The van der Waals surface area contributed by atoms with Gasteiger partial charge in [0.05, 0.1) is 6.20 Å². The van der Waals surface area contributed by atoms with E-state index in [1.807, 2.05) is 46.1 Å². The average molecular weight is 339 g/mol. The number of amides is 1. The first kappa shape index (κ1) is 16.9. The quantitative estimate of drug-likeness (QED) is 0.726. The number of aromatic nitrogens is 4. The molecule has 0 aliphatic heterocycles. The zero-order chi connectivity index (χ0) is 18.1. The Balaban J connectivity index is 1.99. The first-order valence-corrected chi connectivity index (χ1v) is 8.13. The molecule has 0 saturated carbocycles. The third-order valence-corrected chi connectivity index (χ3v) is 4.09. The highest BCUT2D eigenvalue weighted by atomic mass is 16.2. The number of aryl methyl sites for hydroxylation is 2. The van der Waals surface area contributed by atoms with Crippen LogP contribution >= 0.6 is 0 Å². The summed E-state index contributed by atoms with van der Waals surface area (Å²) in [5, 5.41) is 4.13. The van der Waals surface area contributed by atoms with E-state index in [1.54, 1.807) is 22.0 Å². The Labute approximate surface area is 145 Å². The molecule has 1 amide bonds. The molecule has 0 saturated heterocycles. The molecule has 130 valence electrons. The molecule has 0 unspecified atom stereocenters. The number of nitrogens with zero attached hydrogens (tertiary/aromatic N) is 5. The van der Waals surface area contributed by atoms with E-state index in [-0.39, 0.29) is 23.1 Å². The molecule has 0 radical (unpaired) electrons. The lowest BCUT2D eigenvalue weighted by Gasteiger charge is -2.26. The number of carbonyl (C=O) groups is 1. The fourth-order valence-electron chi connectivity index (χ4n) is 2.72. The van der Waals surface area contributed by atoms with Crippen LogP contribution < -0.4 is 5.56 Å². The maximum Gasteiger partial charge on any atom is 0.270 e. The smallest absolute Gasteiger partial charge is 0.270 e. The highest BCUT2D eigenvalue weighted by molar-refractivity contribution is 5.94. The van der Waals surface area contributed by atoms with Crippen molar-refractivity contribution in [1.82, 2.24) is 24.1 Å². The molecule has 3 heterocycles. The van der Waals surface area contributed by atoms with Crippen molar-refractivity contribution in [2.24, 2.45) is 7.05 Å². The second-order valence-electron chi connectivity index (χ2n) is 6.46. The van der Waals surface area contributed by atoms with Crippen LogP contribution in [0.5, 0.6) is 0 Å². The van der Waals surface area contributed by atoms with Gasteiger partial charge in [-0.1, -0.05) is 0 Å². The van der Waals surface area contributed by atoms with Crippen LogP contribution in [-0.4, -0.2) is 36.0 Å². The zero-order valence-electron chi connectivity index (χ0n) is 14.8. The summed E-state index contributed by atoms with van der Waals surface area (Å²) < 4.78 is 3.09. The van der Waals surface area contributed by atoms with E-state index in [0.717, 1.165) is 11.1 Å². The Bertz CT molecular complexity index is 987. The van der Waals surface area contributed by atoms with Crippen LogP contribution in [0.2, 0.25) is 0 Å². The lowest BCUT2D eigenvalue weighted by molar-refractivity contribution is 0.0688. The van der Waals surface area contributed by atoms with Gasteiger partial charge >= 0.3 is 0 Å². The van der Waals surface area contributed by atoms with Gasteiger partial charge in [0.25, 0.3) is 11.5 Å². The van der Waals surface area contributed by atoms with E-state index in [1.165, 1.54) is 10.6 Å². The van der Waals surface area contributed by atoms with Gasteiger partial charge in [-0.05, 0) is 38.5 Å². The Kier molecular flexibility index (Phi) is 4.39. The molecule has 0 aliphatic carbocycles. The van der Waals surface area contributed by atoms with Crippen LogP contribution in [0.3, 0.4) is 0 Å². The number of carbonyl (C=O) groups excluding carboxylic acids is 1. The third kappa shape index (κ3) is 3.31. The van der Waals surface area contributed by atoms with Crippen molar-refractivity contribution in [2.75, 3.05) is 0 Å². The van der Waals surface area contributed by atoms with E-state index in [9.17, 15) is 9.59 Å². The van der Waals surface area contributed by atoms with E-state index in [0.29, 0.717) is 12.2 Å². The van der Waals surface area contributed by atoms with Gasteiger partial charge < -0.3 is 4.90 Å². The van der Waals surface area contributed by atoms with Gasteiger partial charge in [-0.15, -0.1) is 0 Å². The van der Waals surface area contributed by atoms with Gasteiger partial charge in [0.2, 0.25) is 0 Å². The SMILES string of the molecule is Cc1ccn2c(=O)c(C(=O)N(Cc3cnn(C)c3)C(C)C)cnc2c1. The fraction of sp³-hybridized carbons (Fsp3) is 0.333. The van der Waals surface area contributed by atoms with Gasteiger partial charge in [0.1, 0.15) is 11.2 Å². The molecular formula is C18H21N5O2. The standard InChI is InChI=1S/C18H21N5O2/c1-12(2)23(11-14-8-20-21(4)10-14)18(25)15-9-19-16-7-13(3)5-6-22(16)17(15)24/h5-10,12H,11H2,1-4H3. The van der Waals surface area contributed by atoms with Gasteiger partial charge in [-0.2, -0.15) is 5.10 Å². The Hall–Kier alpha value is -2.96. The molecule has 0 spiro atoms. The predicted octanol–water partition coefficient (Wildman–Crippen LogP) is 1.79. The van der Waals surface area contributed by atoms with E-state index < -0.39 is 0 Å². The average Bonchev–Trinajstić information content (AvgIpc) is 2.97. The van der Waals surface area contributed by atoms with Gasteiger partial charge in [-0.3, -0.25) is 18.7 Å². The normalized spacial score (nSPS) is 11.2. The molecule has 3 aromatic rings. The number of fused-ring (bicyclic) bond motifs is 1. The molecule has 3 aromatic heterocycles. The van der Waals surface area contributed by atoms with Crippen molar-refractivity contribution >= 4 is 11.6 Å². The van der Waals surface area contributed by atoms with Gasteiger partial charge in [0.15, 0.2) is 0 Å². The van der Waals surface area contributed by atoms with E-state index >= 15 is 0 Å². The highest BCUT2D eigenvalue weighted by Crippen LogP contribution is 2.12. The summed E-state index contributed by atoms with van der Waals surface area (Å²) in [6, 6.07) is 3.57. The monoisotopic (exact) mass is 339 g/mol. The van der Waals surface area contributed by atoms with E-state index in [4.69, 9.17) is 0 Å². The van der Waals surface area contributed by atoms with Crippen LogP contribution in [0.4, 0.5) is 0 Å². The van der Waals surface area contributed by atoms with Crippen LogP contribution in [-0.2, 0) is 13.6 Å². The van der Waals surface area contributed by atoms with Crippen LogP contribution in [0, 0.1) is 6.92 Å². The largest absolute Gasteiger partial charge is 0.332 e. The van der Waals surface area contributed by atoms with Gasteiger partial charge in [0, 0.05) is 43.8 Å². The molecule has 25 heavy (non-hydrogen) atoms. The second kappa shape index (κ2) is 6.51. The minimum atomic E-state index is -0.355. The molecular weight excluding hydrogens is 318 g/mol. The maximum absolute atomic E-state index is 13.0. The fourth-order valence-corrected chi connectivity index (χ4v) is 2.72. The van der Waals surface area contributed by atoms with Crippen molar-refractivity contribution in [3.63, 3.8) is 0 Å². The topological polar surface area (TPSA) is 72.5 Å². The Morgan fingerprint density at radius 1 is 1.32 bits per heavy atom. The van der Waals surface area contributed by atoms with Crippen LogP contribution in [0.25, 0.3) is 5.65 Å². The van der Waals surface area contributed by atoms with Crippen LogP contribution in [0.15, 0.2) is 41.7 Å². The Morgan fingerprint density at radius 3 is 2.72 bits per heavy atom. The van der Waals surface area contributed by atoms with Crippen LogP contribution in [0.1, 0.15) is 35.3 Å². The number of pyridine rings is 1. The van der Waals surface area contributed by atoms with E-state index in [2.05, 4.69) is 10.1 Å². The summed E-state index contributed by atoms with van der Waals surface area (Å²) in [6.07, 6.45) is 6.60. The molecule has 0 aliphatic rings. The first-order valence-electron chi connectivity index (χ1n) is 8.13. The second-order valence-corrected chi connectivity index (χ2v) is 6.46.